The smallest absolute Gasteiger partial charge is 0.207 e. The highest BCUT2D eigenvalue weighted by atomic mass is 16.5. The van der Waals surface area contributed by atoms with Gasteiger partial charge in [0.1, 0.15) is 17.3 Å². The van der Waals surface area contributed by atoms with Gasteiger partial charge in [-0.3, -0.25) is 4.79 Å². The minimum Gasteiger partial charge on any atom is -0.494 e. The molecule has 3 heterocycles. The largest absolute Gasteiger partial charge is 0.494 e. The number of hydrogen-bond acceptors (Lipinski definition) is 11. The maximum absolute atomic E-state index is 10.2. The SMILES string of the molecule is C=CN/C=C(\C=C/CC(=C)/C=C\C(=C)OCCCC)c1c(C)noc1C.CC.CN1CCC(Nc2cccc3c2cc(C#CCNc2ccc(OCCCCCOCCOCCNC=O)cc2)n3CC(C)(C)C)CC1. The summed E-state index contributed by atoms with van der Waals surface area (Å²) in [4.78, 5) is 12.6. The van der Waals surface area contributed by atoms with Crippen molar-refractivity contribution in [2.45, 2.75) is 119 Å². The normalized spacial score (nSPS) is 13.0. The van der Waals surface area contributed by atoms with Crippen LogP contribution in [0.3, 0.4) is 0 Å². The summed E-state index contributed by atoms with van der Waals surface area (Å²) in [7, 11) is 2.20. The van der Waals surface area contributed by atoms with E-state index < -0.39 is 0 Å². The summed E-state index contributed by atoms with van der Waals surface area (Å²) in [5.41, 5.74) is 8.43. The first-order valence-corrected chi connectivity index (χ1v) is 27.0. The van der Waals surface area contributed by atoms with Crippen LogP contribution in [0.5, 0.6) is 5.75 Å². The number of unbranched alkanes of at least 4 members (excludes halogenated alkanes) is 3. The third-order valence-electron chi connectivity index (χ3n) is 11.8. The Morgan fingerprint density at radius 1 is 0.920 bits per heavy atom. The third-order valence-corrected chi connectivity index (χ3v) is 11.8. The molecule has 13 nitrogen and oxygen atoms in total. The Morgan fingerprint density at radius 2 is 1.65 bits per heavy atom. The van der Waals surface area contributed by atoms with Crippen LogP contribution in [-0.4, -0.2) is 99.9 Å². The van der Waals surface area contributed by atoms with Crippen molar-refractivity contribution in [3.05, 3.63) is 139 Å². The van der Waals surface area contributed by atoms with E-state index in [4.69, 9.17) is 23.5 Å². The van der Waals surface area contributed by atoms with Crippen molar-refractivity contribution in [3.8, 4) is 17.6 Å². The average molecular weight is 1030 g/mol. The average Bonchev–Trinajstić information content (AvgIpc) is 3.93. The van der Waals surface area contributed by atoms with Crippen molar-refractivity contribution in [2.24, 2.45) is 5.41 Å². The van der Waals surface area contributed by atoms with Crippen LogP contribution in [0.2, 0.25) is 0 Å². The fourth-order valence-corrected chi connectivity index (χ4v) is 7.93. The molecule has 5 rings (SSSR count). The summed E-state index contributed by atoms with van der Waals surface area (Å²) < 4.78 is 30.0. The molecule has 0 aliphatic carbocycles. The third kappa shape index (κ3) is 25.1. The molecular weight excluding hydrogens is 939 g/mol. The molecule has 0 bridgehead atoms. The second-order valence-corrected chi connectivity index (χ2v) is 19.5. The van der Waals surface area contributed by atoms with E-state index in [0.29, 0.717) is 70.8 Å². The molecule has 75 heavy (non-hydrogen) atoms. The molecule has 0 atom stereocenters. The molecule has 0 spiro atoms. The Hall–Kier alpha value is -6.46. The molecule has 4 aromatic rings. The van der Waals surface area contributed by atoms with Crippen molar-refractivity contribution in [3.63, 3.8) is 0 Å². The van der Waals surface area contributed by atoms with Gasteiger partial charge in [0.05, 0.1) is 56.5 Å². The first-order chi connectivity index (χ1) is 36.3. The Kier molecular flexibility index (Phi) is 30.6. The Labute approximate surface area is 450 Å². The molecule has 0 saturated carbocycles. The molecule has 2 aromatic heterocycles. The number of carbonyl (C=O) groups excluding carboxylic acids is 1. The van der Waals surface area contributed by atoms with E-state index in [0.717, 1.165) is 104 Å². The van der Waals surface area contributed by atoms with Gasteiger partial charge in [-0.05, 0) is 145 Å². The maximum Gasteiger partial charge on any atom is 0.207 e. The van der Waals surface area contributed by atoms with E-state index in [9.17, 15) is 4.79 Å². The molecular formula is C62H91N7O6. The maximum atomic E-state index is 10.2. The van der Waals surface area contributed by atoms with Crippen LogP contribution in [-0.2, 0) is 25.5 Å². The van der Waals surface area contributed by atoms with Gasteiger partial charge in [0.15, 0.2) is 0 Å². The van der Waals surface area contributed by atoms with Gasteiger partial charge in [-0.1, -0.05) is 109 Å². The van der Waals surface area contributed by atoms with E-state index >= 15 is 0 Å². The van der Waals surface area contributed by atoms with Crippen LogP contribution >= 0.6 is 0 Å². The van der Waals surface area contributed by atoms with E-state index in [1.807, 2.05) is 76.4 Å². The molecule has 13 heteroatoms. The second kappa shape index (κ2) is 36.5. The van der Waals surface area contributed by atoms with E-state index in [2.05, 4.69) is 133 Å². The first-order valence-electron chi connectivity index (χ1n) is 27.0. The number of carbonyl (C=O) groups is 1. The number of likely N-dealkylation sites (tertiary alicyclic amines) is 1. The zero-order chi connectivity index (χ0) is 54.7. The standard InChI is InChI=1S/C38H55N5O4.C22H30N2O2.C2H6/c1-38(2,3)29-43-33(28-35-36(11-8-12-37(35)43)41-32-17-21-42(4)22-18-32)10-9-19-40-31-13-15-34(16-14-31)47-24-7-5-6-23-45-26-27-46-25-20-39-30-44;1-7-9-15-25-18(4)14-13-17(3)11-10-12-21(16-23-8-2)22-19(5)24-26-20(22)6;1-2/h8,11-16,28,30,32,40-41H,5-7,17-27,29H2,1-4H3,(H,39,44);8,10,12-14,16,23H,2-4,7,9,11,15H2,1,5-6H3;1-2H3/b;12-10-,14-13-,21-16+;. The van der Waals surface area contributed by atoms with Gasteiger partial charge in [0.25, 0.3) is 0 Å². The lowest BCUT2D eigenvalue weighted by atomic mass is 9.96. The highest BCUT2D eigenvalue weighted by molar-refractivity contribution is 5.94. The van der Waals surface area contributed by atoms with Gasteiger partial charge < -0.3 is 54.2 Å². The van der Waals surface area contributed by atoms with Crippen molar-refractivity contribution < 1.29 is 28.3 Å². The quantitative estimate of drug-likeness (QED) is 0.0126. The summed E-state index contributed by atoms with van der Waals surface area (Å²) >= 11 is 0. The number of rotatable bonds is 31. The molecule has 0 radical (unpaired) electrons. The minimum absolute atomic E-state index is 0.129. The molecule has 1 saturated heterocycles. The zero-order valence-electron chi connectivity index (χ0n) is 47.1. The Balaban J connectivity index is 0.000000449. The number of fused-ring (bicyclic) bond motifs is 1. The number of nitrogens with one attached hydrogen (secondary N) is 4. The van der Waals surface area contributed by atoms with Crippen molar-refractivity contribution in [1.29, 1.82) is 0 Å². The molecule has 0 unspecified atom stereocenters. The van der Waals surface area contributed by atoms with Crippen LogP contribution < -0.4 is 26.0 Å². The van der Waals surface area contributed by atoms with Crippen molar-refractivity contribution in [2.75, 3.05) is 83.5 Å². The van der Waals surface area contributed by atoms with Gasteiger partial charge in [0.2, 0.25) is 6.41 Å². The van der Waals surface area contributed by atoms with Crippen molar-refractivity contribution in [1.82, 2.24) is 25.3 Å². The van der Waals surface area contributed by atoms with Crippen molar-refractivity contribution >= 4 is 34.3 Å². The fraction of sp³-hybridized carbons (Fsp3) is 0.484. The lowest BCUT2D eigenvalue weighted by molar-refractivity contribution is -0.109. The number of ether oxygens (including phenoxy) is 4. The number of aromatic nitrogens is 2. The highest BCUT2D eigenvalue weighted by Crippen LogP contribution is 2.31. The fourth-order valence-electron chi connectivity index (χ4n) is 7.93. The highest BCUT2D eigenvalue weighted by Gasteiger charge is 2.20. The molecule has 1 aliphatic rings. The Morgan fingerprint density at radius 3 is 2.33 bits per heavy atom. The summed E-state index contributed by atoms with van der Waals surface area (Å²) in [5, 5.41) is 18.1. The molecule has 1 fully saturated rings. The van der Waals surface area contributed by atoms with Gasteiger partial charge in [-0.25, -0.2) is 0 Å². The zero-order valence-corrected chi connectivity index (χ0v) is 47.1. The molecule has 410 valence electrons. The lowest BCUT2D eigenvalue weighted by Crippen LogP contribution is -2.36. The predicted octanol–water partition coefficient (Wildman–Crippen LogP) is 12.8. The van der Waals surface area contributed by atoms with E-state index in [-0.39, 0.29) is 5.41 Å². The molecule has 4 N–H and O–H groups in total. The van der Waals surface area contributed by atoms with Gasteiger partial charge >= 0.3 is 0 Å². The first kappa shape index (κ1) is 62.8. The van der Waals surface area contributed by atoms with Gasteiger partial charge in [-0.15, -0.1) is 0 Å². The van der Waals surface area contributed by atoms with Gasteiger partial charge in [0, 0.05) is 59.8 Å². The molecule has 1 aliphatic heterocycles. The van der Waals surface area contributed by atoms with Crippen LogP contribution in [0.4, 0.5) is 11.4 Å². The topological polar surface area (TPSA) is 136 Å². The molecule has 1 amide bonds. The summed E-state index contributed by atoms with van der Waals surface area (Å²) in [6.45, 7) is 36.4. The van der Waals surface area contributed by atoms with Crippen LogP contribution in [0, 0.1) is 31.1 Å². The number of nitrogens with zero attached hydrogens (tertiary/aromatic N) is 3. The van der Waals surface area contributed by atoms with Crippen LogP contribution in [0.25, 0.3) is 16.5 Å². The number of hydrogen-bond donors (Lipinski definition) is 4. The van der Waals surface area contributed by atoms with E-state index in [1.165, 1.54) is 29.4 Å². The number of anilines is 2. The number of aryl methyl sites for hydroxylation is 2. The summed E-state index contributed by atoms with van der Waals surface area (Å²) in [6.07, 6.45) is 20.2. The predicted molar refractivity (Wildman–Crippen MR) is 313 cm³/mol. The summed E-state index contributed by atoms with van der Waals surface area (Å²) in [6, 6.07) is 17.5. The minimum atomic E-state index is 0.129. The number of allylic oxidation sites excluding steroid dienone is 6. The van der Waals surface area contributed by atoms with Crippen LogP contribution in [0.1, 0.15) is 116 Å². The lowest BCUT2D eigenvalue weighted by Gasteiger charge is -2.30. The van der Waals surface area contributed by atoms with Crippen LogP contribution in [0.15, 0.2) is 121 Å². The van der Waals surface area contributed by atoms with E-state index in [1.54, 1.807) is 6.20 Å². The monoisotopic (exact) mass is 1030 g/mol. The Bertz CT molecular complexity index is 2420. The second-order valence-electron chi connectivity index (χ2n) is 19.5. The van der Waals surface area contributed by atoms with Gasteiger partial charge in [-0.2, -0.15) is 0 Å². The number of benzene rings is 2. The molecule has 2 aromatic carbocycles. The number of piperidine rings is 1. The number of amides is 1. The summed E-state index contributed by atoms with van der Waals surface area (Å²) in [5.74, 6) is 9.16.